The fourth-order valence-electron chi connectivity index (χ4n) is 2.41. The fraction of sp³-hybridized carbons (Fsp3) is 0.400. The van der Waals surface area contributed by atoms with Crippen molar-refractivity contribution in [2.45, 2.75) is 13.0 Å². The molecule has 1 aliphatic rings. The third kappa shape index (κ3) is 2.80. The molecule has 0 saturated carbocycles. The molecule has 1 atom stereocenters. The molecular formula is C15H17N3O4. The van der Waals surface area contributed by atoms with Crippen LogP contribution >= 0.6 is 0 Å². The molecule has 0 radical (unpaired) electrons. The summed E-state index contributed by atoms with van der Waals surface area (Å²) in [6.45, 7) is 3.80. The Morgan fingerprint density at radius 3 is 2.73 bits per heavy atom. The zero-order valence-electron chi connectivity index (χ0n) is 12.3. The Morgan fingerprint density at radius 1 is 1.27 bits per heavy atom. The summed E-state index contributed by atoms with van der Waals surface area (Å²) >= 11 is 0. The highest BCUT2D eigenvalue weighted by atomic mass is 16.5. The summed E-state index contributed by atoms with van der Waals surface area (Å²) in [5, 5.41) is 4.26. The van der Waals surface area contributed by atoms with Crippen molar-refractivity contribution in [2.24, 2.45) is 0 Å². The largest absolute Gasteiger partial charge is 0.463 e. The lowest BCUT2D eigenvalue weighted by atomic mass is 10.2. The molecule has 0 aliphatic carbocycles. The molecule has 0 N–H and O–H groups in total. The molecule has 116 valence electrons. The number of ether oxygens (including phenoxy) is 1. The summed E-state index contributed by atoms with van der Waals surface area (Å²) in [6.07, 6.45) is 1.54. The van der Waals surface area contributed by atoms with E-state index in [1.54, 1.807) is 30.0 Å². The summed E-state index contributed by atoms with van der Waals surface area (Å²) in [6, 6.07) is 5.82. The van der Waals surface area contributed by atoms with Crippen LogP contribution in [0.3, 0.4) is 0 Å². The number of amides is 1. The molecule has 0 bridgehead atoms. The molecule has 2 aromatic rings. The summed E-state index contributed by atoms with van der Waals surface area (Å²) < 4.78 is 11.7. The number of nitrogens with zero attached hydrogens (tertiary/aromatic N) is 3. The van der Waals surface area contributed by atoms with Gasteiger partial charge in [-0.1, -0.05) is 0 Å². The Bertz CT molecular complexity index is 702. The Kier molecular flexibility index (Phi) is 4.06. The van der Waals surface area contributed by atoms with Gasteiger partial charge in [-0.25, -0.2) is 4.68 Å². The Labute approximate surface area is 127 Å². The molecule has 0 spiro atoms. The first-order valence-electron chi connectivity index (χ1n) is 7.17. The van der Waals surface area contributed by atoms with Crippen molar-refractivity contribution in [3.05, 3.63) is 40.9 Å². The van der Waals surface area contributed by atoms with E-state index in [0.29, 0.717) is 37.8 Å². The van der Waals surface area contributed by atoms with Gasteiger partial charge in [0, 0.05) is 19.2 Å². The first-order valence-corrected chi connectivity index (χ1v) is 7.17. The molecule has 2 aromatic heterocycles. The second-order valence-corrected chi connectivity index (χ2v) is 5.09. The molecule has 1 unspecified atom stereocenters. The normalized spacial score (nSPS) is 16.5. The van der Waals surface area contributed by atoms with Crippen molar-refractivity contribution < 1.29 is 13.9 Å². The maximum absolute atomic E-state index is 12.5. The standard InChI is InChI=1S/C15H17N3O4/c1-11(15(20)17-6-9-21-10-7-17)18-14(19)5-4-12(16-18)13-3-2-8-22-13/h2-5,8,11H,6-7,9-10H2,1H3. The Morgan fingerprint density at radius 2 is 2.05 bits per heavy atom. The van der Waals surface area contributed by atoms with Crippen LogP contribution in [0.25, 0.3) is 11.5 Å². The lowest BCUT2D eigenvalue weighted by molar-refractivity contribution is -0.138. The van der Waals surface area contributed by atoms with Crippen LogP contribution < -0.4 is 5.56 Å². The van der Waals surface area contributed by atoms with E-state index in [2.05, 4.69) is 5.10 Å². The van der Waals surface area contributed by atoms with Crippen LogP contribution in [-0.4, -0.2) is 46.9 Å². The van der Waals surface area contributed by atoms with Crippen molar-refractivity contribution >= 4 is 5.91 Å². The first kappa shape index (κ1) is 14.5. The highest BCUT2D eigenvalue weighted by Gasteiger charge is 2.25. The lowest BCUT2D eigenvalue weighted by Gasteiger charge is -2.29. The number of aromatic nitrogens is 2. The molecule has 1 aliphatic heterocycles. The third-order valence-electron chi connectivity index (χ3n) is 3.65. The van der Waals surface area contributed by atoms with Crippen LogP contribution in [0.15, 0.2) is 39.7 Å². The van der Waals surface area contributed by atoms with Gasteiger partial charge >= 0.3 is 0 Å². The van der Waals surface area contributed by atoms with Gasteiger partial charge in [0.1, 0.15) is 11.7 Å². The minimum atomic E-state index is -0.666. The summed E-state index contributed by atoms with van der Waals surface area (Å²) in [5.74, 6) is 0.425. The first-order chi connectivity index (χ1) is 10.7. The van der Waals surface area contributed by atoms with Gasteiger partial charge in [-0.3, -0.25) is 9.59 Å². The van der Waals surface area contributed by atoms with Crippen LogP contribution in [0.5, 0.6) is 0 Å². The summed E-state index contributed by atoms with van der Waals surface area (Å²) in [4.78, 5) is 26.2. The van der Waals surface area contributed by atoms with E-state index in [0.717, 1.165) is 0 Å². The predicted molar refractivity (Wildman–Crippen MR) is 78.3 cm³/mol. The second-order valence-electron chi connectivity index (χ2n) is 5.09. The predicted octanol–water partition coefficient (Wildman–Crippen LogP) is 0.923. The average molecular weight is 303 g/mol. The molecule has 1 amide bonds. The van der Waals surface area contributed by atoms with Crippen molar-refractivity contribution in [1.82, 2.24) is 14.7 Å². The van der Waals surface area contributed by atoms with Gasteiger partial charge in [-0.05, 0) is 25.1 Å². The van der Waals surface area contributed by atoms with Crippen LogP contribution in [-0.2, 0) is 9.53 Å². The van der Waals surface area contributed by atoms with Gasteiger partial charge in [0.25, 0.3) is 5.56 Å². The van der Waals surface area contributed by atoms with Crippen molar-refractivity contribution in [2.75, 3.05) is 26.3 Å². The van der Waals surface area contributed by atoms with E-state index in [-0.39, 0.29) is 11.5 Å². The molecule has 22 heavy (non-hydrogen) atoms. The number of morpholine rings is 1. The number of furan rings is 1. The van der Waals surface area contributed by atoms with E-state index in [1.165, 1.54) is 17.0 Å². The van der Waals surface area contributed by atoms with Gasteiger partial charge in [0.15, 0.2) is 5.76 Å². The van der Waals surface area contributed by atoms with Gasteiger partial charge < -0.3 is 14.1 Å². The van der Waals surface area contributed by atoms with Gasteiger partial charge in [-0.2, -0.15) is 5.10 Å². The van der Waals surface area contributed by atoms with Crippen molar-refractivity contribution in [3.63, 3.8) is 0 Å². The zero-order chi connectivity index (χ0) is 15.5. The maximum atomic E-state index is 12.5. The highest BCUT2D eigenvalue weighted by Crippen LogP contribution is 2.17. The highest BCUT2D eigenvalue weighted by molar-refractivity contribution is 5.80. The SMILES string of the molecule is CC(C(=O)N1CCOCC1)n1nc(-c2ccco2)ccc1=O. The number of carbonyl (C=O) groups is 1. The second kappa shape index (κ2) is 6.15. The molecule has 7 nitrogen and oxygen atoms in total. The topological polar surface area (TPSA) is 77.6 Å². The molecule has 7 heteroatoms. The summed E-state index contributed by atoms with van der Waals surface area (Å²) in [5.41, 5.74) is 0.204. The van der Waals surface area contributed by atoms with Crippen LogP contribution in [0.4, 0.5) is 0 Å². The van der Waals surface area contributed by atoms with E-state index in [9.17, 15) is 9.59 Å². The number of rotatable bonds is 3. The van der Waals surface area contributed by atoms with Crippen molar-refractivity contribution in [3.8, 4) is 11.5 Å². The van der Waals surface area contributed by atoms with E-state index < -0.39 is 6.04 Å². The van der Waals surface area contributed by atoms with Crippen molar-refractivity contribution in [1.29, 1.82) is 0 Å². The molecule has 3 rings (SSSR count). The van der Waals surface area contributed by atoms with E-state index >= 15 is 0 Å². The third-order valence-corrected chi connectivity index (χ3v) is 3.65. The average Bonchev–Trinajstić information content (AvgIpc) is 3.09. The molecule has 1 saturated heterocycles. The fourth-order valence-corrected chi connectivity index (χ4v) is 2.41. The smallest absolute Gasteiger partial charge is 0.267 e. The minimum Gasteiger partial charge on any atom is -0.463 e. The molecule has 0 aromatic carbocycles. The van der Waals surface area contributed by atoms with Gasteiger partial charge in [0.2, 0.25) is 5.91 Å². The van der Waals surface area contributed by atoms with E-state index in [1.807, 2.05) is 0 Å². The number of hydrogen-bond acceptors (Lipinski definition) is 5. The van der Waals surface area contributed by atoms with Crippen LogP contribution in [0.1, 0.15) is 13.0 Å². The maximum Gasteiger partial charge on any atom is 0.267 e. The quantitative estimate of drug-likeness (QED) is 0.842. The minimum absolute atomic E-state index is 0.130. The van der Waals surface area contributed by atoms with Gasteiger partial charge in [0.05, 0.1) is 19.5 Å². The Hall–Kier alpha value is -2.41. The van der Waals surface area contributed by atoms with Crippen LogP contribution in [0, 0.1) is 0 Å². The zero-order valence-corrected chi connectivity index (χ0v) is 12.3. The Balaban J connectivity index is 1.88. The summed E-state index contributed by atoms with van der Waals surface area (Å²) in [7, 11) is 0. The molecule has 1 fully saturated rings. The monoisotopic (exact) mass is 303 g/mol. The molecule has 3 heterocycles. The number of hydrogen-bond donors (Lipinski definition) is 0. The van der Waals surface area contributed by atoms with Gasteiger partial charge in [-0.15, -0.1) is 0 Å². The van der Waals surface area contributed by atoms with Crippen LogP contribution in [0.2, 0.25) is 0 Å². The lowest BCUT2D eigenvalue weighted by Crippen LogP contribution is -2.45. The molecular weight excluding hydrogens is 286 g/mol. The van der Waals surface area contributed by atoms with E-state index in [4.69, 9.17) is 9.15 Å². The number of carbonyl (C=O) groups excluding carboxylic acids is 1.